The van der Waals surface area contributed by atoms with Crippen molar-refractivity contribution in [1.29, 1.82) is 0 Å². The molecule has 3 heteroatoms. The zero-order valence-corrected chi connectivity index (χ0v) is 11.3. The Kier molecular flexibility index (Phi) is 5.79. The minimum Gasteiger partial charge on any atom is -0.304 e. The van der Waals surface area contributed by atoms with Crippen LogP contribution in [0, 0.1) is 0 Å². The Hall–Kier alpha value is 0.137. The molecule has 0 saturated heterocycles. The average Bonchev–Trinajstić information content (AvgIpc) is 1.96. The molecule has 0 unspecified atom stereocenters. The molecule has 0 radical (unpaired) electrons. The summed E-state index contributed by atoms with van der Waals surface area (Å²) in [6.45, 7) is 13.5. The van der Waals surface area contributed by atoms with Gasteiger partial charge in [0.15, 0.2) is 0 Å². The van der Waals surface area contributed by atoms with Crippen LogP contribution < -0.4 is 5.32 Å². The lowest BCUT2D eigenvalue weighted by Crippen LogP contribution is -2.37. The van der Waals surface area contributed by atoms with Gasteiger partial charge in [-0.3, -0.25) is 4.90 Å². The second-order valence-electron chi connectivity index (χ2n) is 4.45. The molecule has 0 amide bonds. The highest BCUT2D eigenvalue weighted by atomic mass is 28.1. The number of hydrogen-bond acceptors (Lipinski definition) is 2. The van der Waals surface area contributed by atoms with Crippen LogP contribution in [0.4, 0.5) is 0 Å². The number of nitrogens with one attached hydrogen (secondary N) is 1. The molecular formula is C9H24N2Si. The zero-order chi connectivity index (χ0) is 9.61. The lowest BCUT2D eigenvalue weighted by molar-refractivity contribution is 0.275. The molecule has 0 fully saturated rings. The Balaban J connectivity index is 3.41. The third kappa shape index (κ3) is 6.82. The Labute approximate surface area is 80.1 Å². The molecule has 0 saturated carbocycles. The normalized spacial score (nSPS) is 12.8. The van der Waals surface area contributed by atoms with E-state index in [1.165, 1.54) is 10.2 Å². The van der Waals surface area contributed by atoms with E-state index in [0.29, 0.717) is 5.04 Å². The van der Waals surface area contributed by atoms with Crippen LogP contribution in [0.3, 0.4) is 0 Å². The first-order chi connectivity index (χ1) is 5.49. The van der Waals surface area contributed by atoms with Gasteiger partial charge in [-0.25, -0.2) is 0 Å². The smallest absolute Gasteiger partial charge is 0.0480 e. The summed E-state index contributed by atoms with van der Waals surface area (Å²) in [4.78, 5) is 2.40. The van der Waals surface area contributed by atoms with Crippen molar-refractivity contribution < 1.29 is 0 Å². The fourth-order valence-corrected chi connectivity index (χ4v) is 1.29. The van der Waals surface area contributed by atoms with Crippen molar-refractivity contribution >= 4 is 10.2 Å². The topological polar surface area (TPSA) is 15.3 Å². The molecule has 0 aliphatic rings. The van der Waals surface area contributed by atoms with Crippen LogP contribution >= 0.6 is 0 Å². The third-order valence-corrected chi connectivity index (χ3v) is 2.24. The van der Waals surface area contributed by atoms with E-state index < -0.39 is 0 Å². The third-order valence-electron chi connectivity index (χ3n) is 1.89. The summed E-state index contributed by atoms with van der Waals surface area (Å²) >= 11 is 0. The van der Waals surface area contributed by atoms with Gasteiger partial charge in [-0.05, 0) is 24.7 Å². The maximum atomic E-state index is 3.49. The van der Waals surface area contributed by atoms with Crippen LogP contribution in [0.5, 0.6) is 0 Å². The second kappa shape index (κ2) is 5.73. The number of rotatable bonds is 6. The van der Waals surface area contributed by atoms with Gasteiger partial charge in [0, 0.05) is 16.9 Å². The van der Waals surface area contributed by atoms with Gasteiger partial charge in [0.1, 0.15) is 0 Å². The first kappa shape index (κ1) is 12.1. The van der Waals surface area contributed by atoms with Gasteiger partial charge in [0.05, 0.1) is 0 Å². The number of nitrogens with zero attached hydrogens (tertiary/aromatic N) is 1. The number of hydrogen-bond donors (Lipinski definition) is 1. The van der Waals surface area contributed by atoms with E-state index in [1.807, 2.05) is 0 Å². The molecule has 0 atom stereocenters. The molecule has 0 spiro atoms. The molecule has 0 aromatic heterocycles. The van der Waals surface area contributed by atoms with Gasteiger partial charge in [-0.2, -0.15) is 0 Å². The fourth-order valence-electron chi connectivity index (χ4n) is 1.04. The Morgan fingerprint density at radius 1 is 1.25 bits per heavy atom. The summed E-state index contributed by atoms with van der Waals surface area (Å²) in [6, 6.07) is 0. The fraction of sp³-hybridized carbons (Fsp3) is 1.00. The van der Waals surface area contributed by atoms with Crippen molar-refractivity contribution in [3.63, 3.8) is 0 Å². The summed E-state index contributed by atoms with van der Waals surface area (Å²) < 4.78 is 0. The van der Waals surface area contributed by atoms with Gasteiger partial charge in [0.2, 0.25) is 0 Å². The predicted octanol–water partition coefficient (Wildman–Crippen LogP) is 0.439. The molecule has 0 aromatic rings. The van der Waals surface area contributed by atoms with Crippen LogP contribution in [-0.4, -0.2) is 41.4 Å². The lowest BCUT2D eigenvalue weighted by atomic mass is 10.2. The van der Waals surface area contributed by atoms with Gasteiger partial charge < -0.3 is 5.32 Å². The van der Waals surface area contributed by atoms with E-state index in [0.717, 1.165) is 26.3 Å². The molecule has 1 N–H and O–H groups in total. The van der Waals surface area contributed by atoms with Crippen molar-refractivity contribution in [2.45, 2.75) is 32.7 Å². The summed E-state index contributed by atoms with van der Waals surface area (Å²) in [5, 5.41) is 4.02. The van der Waals surface area contributed by atoms with Crippen molar-refractivity contribution in [1.82, 2.24) is 10.2 Å². The molecule has 12 heavy (non-hydrogen) atoms. The summed E-state index contributed by atoms with van der Waals surface area (Å²) in [5.41, 5.74) is 0. The maximum absolute atomic E-state index is 3.49. The largest absolute Gasteiger partial charge is 0.304 e. The molecular weight excluding hydrogens is 164 g/mol. The van der Waals surface area contributed by atoms with E-state index in [1.54, 1.807) is 0 Å². The van der Waals surface area contributed by atoms with Crippen LogP contribution in [0.2, 0.25) is 5.04 Å². The average molecular weight is 188 g/mol. The predicted molar refractivity (Wildman–Crippen MR) is 59.8 cm³/mol. The van der Waals surface area contributed by atoms with E-state index >= 15 is 0 Å². The first-order valence-corrected chi connectivity index (χ1v) is 5.92. The molecule has 0 rings (SSSR count). The van der Waals surface area contributed by atoms with Gasteiger partial charge in [0.25, 0.3) is 0 Å². The minimum atomic E-state index is 0.535. The SMILES string of the molecule is CCN(CC)CNCC(C)(C)[SiH3]. The van der Waals surface area contributed by atoms with Crippen molar-refractivity contribution in [2.24, 2.45) is 0 Å². The molecule has 0 heterocycles. The van der Waals surface area contributed by atoms with E-state index in [2.05, 4.69) is 37.9 Å². The molecule has 0 aliphatic heterocycles. The Morgan fingerprint density at radius 3 is 2.08 bits per heavy atom. The molecule has 2 nitrogen and oxygen atoms in total. The van der Waals surface area contributed by atoms with E-state index in [-0.39, 0.29) is 0 Å². The summed E-state index contributed by atoms with van der Waals surface area (Å²) in [5.74, 6) is 0. The van der Waals surface area contributed by atoms with Crippen molar-refractivity contribution in [3.8, 4) is 0 Å². The van der Waals surface area contributed by atoms with Crippen LogP contribution in [0.15, 0.2) is 0 Å². The van der Waals surface area contributed by atoms with Crippen LogP contribution in [-0.2, 0) is 0 Å². The van der Waals surface area contributed by atoms with E-state index in [9.17, 15) is 0 Å². The standard InChI is InChI=1S/C9H24N2Si/c1-5-11(6-2)8-10-7-9(3,4)12/h10H,5-8H2,1-4,12H3. The summed E-state index contributed by atoms with van der Waals surface area (Å²) in [7, 11) is 1.26. The van der Waals surface area contributed by atoms with Gasteiger partial charge >= 0.3 is 0 Å². The zero-order valence-electron chi connectivity index (χ0n) is 9.28. The highest BCUT2D eigenvalue weighted by Crippen LogP contribution is 2.14. The first-order valence-electron chi connectivity index (χ1n) is 4.92. The van der Waals surface area contributed by atoms with Crippen LogP contribution in [0.25, 0.3) is 0 Å². The van der Waals surface area contributed by atoms with Gasteiger partial charge in [-0.15, -0.1) is 0 Å². The molecule has 0 aromatic carbocycles. The monoisotopic (exact) mass is 188 g/mol. The lowest BCUT2D eigenvalue weighted by Gasteiger charge is -2.23. The quantitative estimate of drug-likeness (QED) is 0.481. The van der Waals surface area contributed by atoms with Crippen molar-refractivity contribution in [2.75, 3.05) is 26.3 Å². The van der Waals surface area contributed by atoms with Crippen molar-refractivity contribution in [3.05, 3.63) is 0 Å². The maximum Gasteiger partial charge on any atom is 0.0480 e. The van der Waals surface area contributed by atoms with Gasteiger partial charge in [-0.1, -0.05) is 27.7 Å². The molecule has 0 aliphatic carbocycles. The highest BCUT2D eigenvalue weighted by Gasteiger charge is 2.09. The molecule has 0 bridgehead atoms. The second-order valence-corrected chi connectivity index (χ2v) is 7.16. The Bertz CT molecular complexity index is 106. The summed E-state index contributed by atoms with van der Waals surface area (Å²) in [6.07, 6.45) is 0. The highest BCUT2D eigenvalue weighted by molar-refractivity contribution is 6.14. The minimum absolute atomic E-state index is 0.535. The van der Waals surface area contributed by atoms with E-state index in [4.69, 9.17) is 0 Å². The molecule has 74 valence electrons. The van der Waals surface area contributed by atoms with Crippen LogP contribution in [0.1, 0.15) is 27.7 Å². The Morgan fingerprint density at radius 2 is 1.75 bits per heavy atom.